The number of fused-ring (bicyclic) bond motifs is 1. The van der Waals surface area contributed by atoms with Gasteiger partial charge in [0.1, 0.15) is 0 Å². The Hall–Kier alpha value is -2.80. The Balaban J connectivity index is 0.00000363. The van der Waals surface area contributed by atoms with Crippen LogP contribution in [0.2, 0.25) is 0 Å². The highest BCUT2D eigenvalue weighted by Crippen LogP contribution is 2.33. The minimum absolute atomic E-state index is 0. The number of carbonyl (C=O) groups excluding carboxylic acids is 1. The number of thiazole rings is 1. The van der Waals surface area contributed by atoms with Crippen molar-refractivity contribution >= 4 is 68.1 Å². The van der Waals surface area contributed by atoms with E-state index in [2.05, 4.69) is 4.98 Å². The number of non-ortho nitro benzene ring substituents is 2. The van der Waals surface area contributed by atoms with Crippen LogP contribution in [0, 0.1) is 20.2 Å². The van der Waals surface area contributed by atoms with Crippen LogP contribution in [-0.4, -0.2) is 59.1 Å². The SMILES string of the molecule is CSc1ccc2nc(N(CCN(C)C)C(=O)c3cc([N+](=O)[O-])cc([N+](=O)[O-])c3)sc2c1.Cl. The maximum Gasteiger partial charge on any atom is 0.277 e. The van der Waals surface area contributed by atoms with E-state index in [0.717, 1.165) is 33.3 Å². The highest BCUT2D eigenvalue weighted by atomic mass is 35.5. The number of anilines is 1. The van der Waals surface area contributed by atoms with E-state index in [4.69, 9.17) is 0 Å². The van der Waals surface area contributed by atoms with E-state index in [9.17, 15) is 25.0 Å². The van der Waals surface area contributed by atoms with Gasteiger partial charge in [0, 0.05) is 30.1 Å². The van der Waals surface area contributed by atoms with E-state index in [1.54, 1.807) is 11.8 Å². The molecule has 170 valence electrons. The van der Waals surface area contributed by atoms with Gasteiger partial charge in [-0.2, -0.15) is 0 Å². The number of amides is 1. The summed E-state index contributed by atoms with van der Waals surface area (Å²) < 4.78 is 0.898. The lowest BCUT2D eigenvalue weighted by atomic mass is 10.1. The summed E-state index contributed by atoms with van der Waals surface area (Å²) in [4.78, 5) is 43.2. The lowest BCUT2D eigenvalue weighted by Gasteiger charge is -2.22. The predicted molar refractivity (Wildman–Crippen MR) is 129 cm³/mol. The Morgan fingerprint density at radius 1 is 1.06 bits per heavy atom. The monoisotopic (exact) mass is 497 g/mol. The molecule has 1 amide bonds. The standard InChI is InChI=1S/C19H19N5O5S2.ClH/c1-21(2)6-7-22(19-20-16-5-4-15(30-3)11-17(16)31-19)18(25)12-8-13(23(26)27)10-14(9-12)24(28)29;/h4-5,8-11H,6-7H2,1-3H3;1H. The molecule has 0 spiro atoms. The summed E-state index contributed by atoms with van der Waals surface area (Å²) in [6.07, 6.45) is 1.96. The maximum absolute atomic E-state index is 13.3. The fraction of sp³-hybridized carbons (Fsp3) is 0.263. The zero-order chi connectivity index (χ0) is 22.7. The molecule has 0 atom stereocenters. The second-order valence-corrected chi connectivity index (χ2v) is 8.73. The van der Waals surface area contributed by atoms with Gasteiger partial charge in [0.05, 0.1) is 31.7 Å². The number of aromatic nitrogens is 1. The smallest absolute Gasteiger partial charge is 0.277 e. The summed E-state index contributed by atoms with van der Waals surface area (Å²) in [5.41, 5.74) is -0.438. The van der Waals surface area contributed by atoms with Crippen molar-refractivity contribution in [2.75, 3.05) is 38.3 Å². The summed E-state index contributed by atoms with van der Waals surface area (Å²) in [7, 11) is 3.70. The number of halogens is 1. The molecule has 0 aliphatic rings. The fourth-order valence-electron chi connectivity index (χ4n) is 2.80. The Morgan fingerprint density at radius 3 is 2.22 bits per heavy atom. The van der Waals surface area contributed by atoms with Gasteiger partial charge >= 0.3 is 0 Å². The van der Waals surface area contributed by atoms with E-state index < -0.39 is 27.1 Å². The van der Waals surface area contributed by atoms with Gasteiger partial charge < -0.3 is 4.90 Å². The summed E-state index contributed by atoms with van der Waals surface area (Å²) in [5, 5.41) is 22.9. The van der Waals surface area contributed by atoms with Gasteiger partial charge in [0.25, 0.3) is 17.3 Å². The Kier molecular flexibility index (Phi) is 8.50. The highest BCUT2D eigenvalue weighted by molar-refractivity contribution is 7.98. The molecule has 0 bridgehead atoms. The summed E-state index contributed by atoms with van der Waals surface area (Å²) in [6, 6.07) is 8.73. The number of thioether (sulfide) groups is 1. The summed E-state index contributed by atoms with van der Waals surface area (Å²) in [6.45, 7) is 0.770. The summed E-state index contributed by atoms with van der Waals surface area (Å²) >= 11 is 2.92. The first-order chi connectivity index (χ1) is 14.7. The molecule has 32 heavy (non-hydrogen) atoms. The number of hydrogen-bond acceptors (Lipinski definition) is 9. The van der Waals surface area contributed by atoms with Gasteiger partial charge in [0.2, 0.25) is 0 Å². The van der Waals surface area contributed by atoms with Crippen LogP contribution in [0.3, 0.4) is 0 Å². The molecule has 0 saturated heterocycles. The number of rotatable bonds is 8. The first-order valence-corrected chi connectivity index (χ1v) is 11.1. The lowest BCUT2D eigenvalue weighted by molar-refractivity contribution is -0.394. The second kappa shape index (κ2) is 10.7. The molecule has 3 aromatic rings. The number of likely N-dealkylation sites (N-methyl/N-ethyl adjacent to an activating group) is 1. The Morgan fingerprint density at radius 2 is 1.69 bits per heavy atom. The average molecular weight is 498 g/mol. The van der Waals surface area contributed by atoms with Crippen LogP contribution in [0.15, 0.2) is 41.3 Å². The van der Waals surface area contributed by atoms with E-state index in [-0.39, 0.29) is 24.5 Å². The van der Waals surface area contributed by atoms with Crippen LogP contribution in [0.4, 0.5) is 16.5 Å². The van der Waals surface area contributed by atoms with Crippen molar-refractivity contribution in [1.29, 1.82) is 0 Å². The van der Waals surface area contributed by atoms with Gasteiger partial charge in [-0.25, -0.2) is 4.98 Å². The third-order valence-electron chi connectivity index (χ3n) is 4.40. The molecule has 0 unspecified atom stereocenters. The van der Waals surface area contributed by atoms with Gasteiger partial charge in [0.15, 0.2) is 5.13 Å². The molecule has 2 aromatic carbocycles. The third kappa shape index (κ3) is 5.71. The number of benzene rings is 2. The molecule has 10 nitrogen and oxygen atoms in total. The second-order valence-electron chi connectivity index (χ2n) is 6.84. The van der Waals surface area contributed by atoms with Crippen molar-refractivity contribution in [3.63, 3.8) is 0 Å². The molecule has 1 heterocycles. The third-order valence-corrected chi connectivity index (χ3v) is 6.17. The minimum atomic E-state index is -0.754. The molecule has 0 fully saturated rings. The molecule has 3 rings (SSSR count). The molecule has 1 aromatic heterocycles. The lowest BCUT2D eigenvalue weighted by Crippen LogP contribution is -2.36. The molecular formula is C19H20ClN5O5S2. The van der Waals surface area contributed by atoms with Crippen molar-refractivity contribution in [1.82, 2.24) is 9.88 Å². The number of nitro groups is 2. The van der Waals surface area contributed by atoms with Crippen molar-refractivity contribution < 1.29 is 14.6 Å². The average Bonchev–Trinajstić information content (AvgIpc) is 3.15. The van der Waals surface area contributed by atoms with Crippen LogP contribution < -0.4 is 4.90 Å². The quantitative estimate of drug-likeness (QED) is 0.254. The number of nitrogens with zero attached hydrogens (tertiary/aromatic N) is 5. The zero-order valence-electron chi connectivity index (χ0n) is 17.4. The molecule has 0 aliphatic carbocycles. The van der Waals surface area contributed by atoms with E-state index in [1.807, 2.05) is 43.5 Å². The highest BCUT2D eigenvalue weighted by Gasteiger charge is 2.26. The van der Waals surface area contributed by atoms with Crippen molar-refractivity contribution in [3.8, 4) is 0 Å². The van der Waals surface area contributed by atoms with Crippen LogP contribution in [0.1, 0.15) is 10.4 Å². The number of carbonyl (C=O) groups is 1. The van der Waals surface area contributed by atoms with E-state index in [0.29, 0.717) is 11.7 Å². The van der Waals surface area contributed by atoms with Gasteiger partial charge in [-0.15, -0.1) is 24.2 Å². The number of nitro benzene ring substituents is 2. The molecule has 0 radical (unpaired) electrons. The molecular weight excluding hydrogens is 478 g/mol. The van der Waals surface area contributed by atoms with Gasteiger partial charge in [-0.3, -0.25) is 29.9 Å². The first-order valence-electron chi connectivity index (χ1n) is 9.04. The van der Waals surface area contributed by atoms with Crippen LogP contribution >= 0.6 is 35.5 Å². The van der Waals surface area contributed by atoms with Gasteiger partial charge in [-0.1, -0.05) is 11.3 Å². The minimum Gasteiger partial charge on any atom is -0.308 e. The zero-order valence-corrected chi connectivity index (χ0v) is 19.8. The Labute approximate surface area is 197 Å². The number of hydrogen-bond donors (Lipinski definition) is 0. The van der Waals surface area contributed by atoms with Crippen molar-refractivity contribution in [3.05, 3.63) is 62.2 Å². The van der Waals surface area contributed by atoms with E-state index in [1.165, 1.54) is 16.2 Å². The van der Waals surface area contributed by atoms with Crippen molar-refractivity contribution in [2.24, 2.45) is 0 Å². The molecule has 0 saturated carbocycles. The Bertz CT molecular complexity index is 1140. The molecule has 13 heteroatoms. The first kappa shape index (κ1) is 25.5. The molecule has 0 N–H and O–H groups in total. The van der Waals surface area contributed by atoms with Crippen LogP contribution in [0.5, 0.6) is 0 Å². The largest absolute Gasteiger partial charge is 0.308 e. The van der Waals surface area contributed by atoms with Crippen molar-refractivity contribution in [2.45, 2.75) is 4.90 Å². The fourth-order valence-corrected chi connectivity index (χ4v) is 4.35. The predicted octanol–water partition coefficient (Wildman–Crippen LogP) is 4.46. The summed E-state index contributed by atoms with van der Waals surface area (Å²) in [5.74, 6) is -0.585. The molecule has 0 aliphatic heterocycles. The van der Waals surface area contributed by atoms with Gasteiger partial charge in [-0.05, 0) is 38.6 Å². The van der Waals surface area contributed by atoms with E-state index >= 15 is 0 Å². The maximum atomic E-state index is 13.3. The van der Waals surface area contributed by atoms with Crippen LogP contribution in [-0.2, 0) is 0 Å². The van der Waals surface area contributed by atoms with Crippen LogP contribution in [0.25, 0.3) is 10.2 Å². The normalized spacial score (nSPS) is 10.8. The topological polar surface area (TPSA) is 123 Å².